The van der Waals surface area contributed by atoms with Gasteiger partial charge in [-0.25, -0.2) is 19.7 Å². The van der Waals surface area contributed by atoms with Gasteiger partial charge in [0.1, 0.15) is 5.52 Å². The van der Waals surface area contributed by atoms with E-state index in [9.17, 15) is 9.90 Å². The molecule has 1 saturated carbocycles. The van der Waals surface area contributed by atoms with Crippen LogP contribution in [-0.2, 0) is 6.54 Å². The summed E-state index contributed by atoms with van der Waals surface area (Å²) in [4.78, 5) is 29.4. The zero-order chi connectivity index (χ0) is 19.8. The normalized spacial score (nSPS) is 13.5. The number of hydrogen-bond donors (Lipinski definition) is 3. The summed E-state index contributed by atoms with van der Waals surface area (Å²) < 4.78 is 0. The molecule has 0 radical (unpaired) electrons. The summed E-state index contributed by atoms with van der Waals surface area (Å²) >= 11 is 0. The fourth-order valence-electron chi connectivity index (χ4n) is 3.20. The summed E-state index contributed by atoms with van der Waals surface area (Å²) in [6.07, 6.45) is 5.68. The number of carbonyl (C=O) groups is 1. The third kappa shape index (κ3) is 3.52. The van der Waals surface area contributed by atoms with E-state index in [1.807, 2.05) is 18.2 Å². The molecule has 1 aliphatic carbocycles. The van der Waals surface area contributed by atoms with Crippen molar-refractivity contribution in [2.24, 2.45) is 0 Å². The zero-order valence-corrected chi connectivity index (χ0v) is 15.5. The Balaban J connectivity index is 1.58. The first-order valence-electron chi connectivity index (χ1n) is 9.41. The Kier molecular flexibility index (Phi) is 4.16. The topological polar surface area (TPSA) is 113 Å². The molecule has 29 heavy (non-hydrogen) atoms. The molecule has 0 aliphatic heterocycles. The maximum atomic E-state index is 11.3. The number of fused-ring (bicyclic) bond motifs is 3. The Hall–Kier alpha value is -3.81. The lowest BCUT2D eigenvalue weighted by Gasteiger charge is -2.12. The number of carboxylic acid groups (broad SMARTS) is 1. The van der Waals surface area contributed by atoms with Gasteiger partial charge in [-0.15, -0.1) is 0 Å². The van der Waals surface area contributed by atoms with E-state index in [1.165, 1.54) is 0 Å². The van der Waals surface area contributed by atoms with E-state index in [-0.39, 0.29) is 5.56 Å². The number of benzene rings is 1. The van der Waals surface area contributed by atoms with Crippen LogP contribution in [0.25, 0.3) is 21.8 Å². The second-order valence-corrected chi connectivity index (χ2v) is 7.05. The van der Waals surface area contributed by atoms with Crippen molar-refractivity contribution in [1.29, 1.82) is 0 Å². The Morgan fingerprint density at radius 2 is 2.00 bits per heavy atom. The highest BCUT2D eigenvalue weighted by Crippen LogP contribution is 2.32. The SMILES string of the molecule is O=C(O)c1ccc2c(c1)nc(NC1CC1)c1nc(NCc3ccccn3)ncc12. The minimum absolute atomic E-state index is 0.205. The van der Waals surface area contributed by atoms with Crippen LogP contribution >= 0.6 is 0 Å². The third-order valence-electron chi connectivity index (χ3n) is 4.85. The molecule has 8 heteroatoms. The highest BCUT2D eigenvalue weighted by molar-refractivity contribution is 6.09. The molecular formula is C21H18N6O2. The van der Waals surface area contributed by atoms with Gasteiger partial charge in [0.15, 0.2) is 5.82 Å². The van der Waals surface area contributed by atoms with E-state index in [0.29, 0.717) is 35.4 Å². The second-order valence-electron chi connectivity index (χ2n) is 7.05. The van der Waals surface area contributed by atoms with E-state index in [0.717, 1.165) is 29.3 Å². The fraction of sp³-hybridized carbons (Fsp3) is 0.190. The van der Waals surface area contributed by atoms with Crippen molar-refractivity contribution in [1.82, 2.24) is 19.9 Å². The average molecular weight is 386 g/mol. The van der Waals surface area contributed by atoms with Gasteiger partial charge in [0.25, 0.3) is 0 Å². The maximum absolute atomic E-state index is 11.3. The molecular weight excluding hydrogens is 368 g/mol. The second kappa shape index (κ2) is 6.97. The lowest BCUT2D eigenvalue weighted by Crippen LogP contribution is -2.08. The lowest BCUT2D eigenvalue weighted by atomic mass is 10.1. The van der Waals surface area contributed by atoms with Crippen LogP contribution in [0, 0.1) is 0 Å². The first kappa shape index (κ1) is 17.3. The van der Waals surface area contributed by atoms with Crippen LogP contribution in [-0.4, -0.2) is 37.1 Å². The van der Waals surface area contributed by atoms with Crippen LogP contribution in [0.15, 0.2) is 48.8 Å². The molecule has 0 atom stereocenters. The number of rotatable bonds is 6. The Morgan fingerprint density at radius 3 is 2.76 bits per heavy atom. The Labute approximate surface area is 166 Å². The maximum Gasteiger partial charge on any atom is 0.335 e. The lowest BCUT2D eigenvalue weighted by molar-refractivity contribution is 0.0697. The van der Waals surface area contributed by atoms with E-state index in [2.05, 4.69) is 30.6 Å². The molecule has 1 fully saturated rings. The average Bonchev–Trinajstić information content (AvgIpc) is 3.56. The van der Waals surface area contributed by atoms with Crippen LogP contribution < -0.4 is 10.6 Å². The first-order chi connectivity index (χ1) is 14.2. The summed E-state index contributed by atoms with van der Waals surface area (Å²) in [6, 6.07) is 11.0. The van der Waals surface area contributed by atoms with E-state index >= 15 is 0 Å². The van der Waals surface area contributed by atoms with Crippen molar-refractivity contribution in [2.75, 3.05) is 10.6 Å². The number of aromatic carboxylic acids is 1. The minimum atomic E-state index is -0.976. The molecule has 0 unspecified atom stereocenters. The molecule has 3 N–H and O–H groups in total. The number of anilines is 2. The molecule has 1 aromatic carbocycles. The van der Waals surface area contributed by atoms with Gasteiger partial charge in [-0.1, -0.05) is 12.1 Å². The van der Waals surface area contributed by atoms with Crippen molar-refractivity contribution in [3.05, 3.63) is 60.0 Å². The van der Waals surface area contributed by atoms with Gasteiger partial charge in [0, 0.05) is 29.2 Å². The van der Waals surface area contributed by atoms with Gasteiger partial charge in [0.05, 0.1) is 23.3 Å². The molecule has 0 saturated heterocycles. The number of carboxylic acids is 1. The summed E-state index contributed by atoms with van der Waals surface area (Å²) in [5.41, 5.74) is 2.42. The quantitative estimate of drug-likeness (QED) is 0.432. The Morgan fingerprint density at radius 1 is 1.10 bits per heavy atom. The standard InChI is InChI=1S/C21H18N6O2/c28-20(29)12-4-7-15-16-11-24-21(23-10-14-3-1-2-8-22-14)27-18(16)19(25-13-5-6-13)26-17(15)9-12/h1-4,7-9,11,13H,5-6,10H2,(H,25,26)(H,28,29)(H,23,24,27). The smallest absolute Gasteiger partial charge is 0.335 e. The highest BCUT2D eigenvalue weighted by atomic mass is 16.4. The van der Waals surface area contributed by atoms with Gasteiger partial charge in [-0.05, 0) is 37.1 Å². The number of hydrogen-bond acceptors (Lipinski definition) is 7. The summed E-state index contributed by atoms with van der Waals surface area (Å²) in [5.74, 6) is 0.168. The van der Waals surface area contributed by atoms with Crippen LogP contribution in [0.2, 0.25) is 0 Å². The molecule has 0 bridgehead atoms. The number of nitrogens with zero attached hydrogens (tertiary/aromatic N) is 4. The Bertz CT molecular complexity index is 1220. The predicted molar refractivity (Wildman–Crippen MR) is 110 cm³/mol. The number of nitrogens with one attached hydrogen (secondary N) is 2. The summed E-state index contributed by atoms with van der Waals surface area (Å²) in [7, 11) is 0. The van der Waals surface area contributed by atoms with Crippen molar-refractivity contribution in [3.8, 4) is 0 Å². The largest absolute Gasteiger partial charge is 0.478 e. The van der Waals surface area contributed by atoms with E-state index < -0.39 is 5.97 Å². The van der Waals surface area contributed by atoms with Gasteiger partial charge in [0.2, 0.25) is 5.95 Å². The summed E-state index contributed by atoms with van der Waals surface area (Å²) in [5, 5.41) is 17.6. The monoisotopic (exact) mass is 386 g/mol. The van der Waals surface area contributed by atoms with Crippen molar-refractivity contribution in [2.45, 2.75) is 25.4 Å². The van der Waals surface area contributed by atoms with Crippen LogP contribution in [0.1, 0.15) is 28.9 Å². The summed E-state index contributed by atoms with van der Waals surface area (Å²) in [6.45, 7) is 0.515. The zero-order valence-electron chi connectivity index (χ0n) is 15.5. The molecule has 3 aromatic heterocycles. The molecule has 5 rings (SSSR count). The molecule has 0 amide bonds. The van der Waals surface area contributed by atoms with Crippen molar-refractivity contribution in [3.63, 3.8) is 0 Å². The fourth-order valence-corrected chi connectivity index (χ4v) is 3.20. The van der Waals surface area contributed by atoms with Crippen molar-refractivity contribution < 1.29 is 9.90 Å². The predicted octanol–water partition coefficient (Wildman–Crippen LogP) is 3.46. The van der Waals surface area contributed by atoms with Gasteiger partial charge < -0.3 is 15.7 Å². The van der Waals surface area contributed by atoms with Gasteiger partial charge >= 0.3 is 5.97 Å². The molecule has 3 heterocycles. The van der Waals surface area contributed by atoms with Gasteiger partial charge in [-0.2, -0.15) is 0 Å². The third-order valence-corrected chi connectivity index (χ3v) is 4.85. The van der Waals surface area contributed by atoms with Gasteiger partial charge in [-0.3, -0.25) is 4.98 Å². The number of pyridine rings is 2. The molecule has 144 valence electrons. The molecule has 0 spiro atoms. The van der Waals surface area contributed by atoms with Crippen LogP contribution in [0.5, 0.6) is 0 Å². The molecule has 8 nitrogen and oxygen atoms in total. The first-order valence-corrected chi connectivity index (χ1v) is 9.41. The number of aromatic nitrogens is 4. The van der Waals surface area contributed by atoms with E-state index in [1.54, 1.807) is 30.6 Å². The highest BCUT2D eigenvalue weighted by Gasteiger charge is 2.23. The minimum Gasteiger partial charge on any atom is -0.478 e. The van der Waals surface area contributed by atoms with E-state index in [4.69, 9.17) is 0 Å². The molecule has 1 aliphatic rings. The van der Waals surface area contributed by atoms with Crippen LogP contribution in [0.4, 0.5) is 11.8 Å². The molecule has 4 aromatic rings. The van der Waals surface area contributed by atoms with Crippen LogP contribution in [0.3, 0.4) is 0 Å². The van der Waals surface area contributed by atoms with Crippen molar-refractivity contribution >= 4 is 39.5 Å².